The van der Waals surface area contributed by atoms with Crippen LogP contribution in [0.4, 0.5) is 0 Å². The van der Waals surface area contributed by atoms with Gasteiger partial charge >= 0.3 is 0 Å². The highest BCUT2D eigenvalue weighted by Gasteiger charge is 2.15. The number of hydrogen-bond acceptors (Lipinski definition) is 5. The fourth-order valence-electron chi connectivity index (χ4n) is 2.03. The topological polar surface area (TPSA) is 77.5 Å². The van der Waals surface area contributed by atoms with Crippen LogP contribution in [0.15, 0.2) is 41.4 Å². The third kappa shape index (κ3) is 3.32. The first-order chi connectivity index (χ1) is 10.5. The molecule has 6 nitrogen and oxygen atoms in total. The van der Waals surface area contributed by atoms with E-state index in [2.05, 4.69) is 9.71 Å². The van der Waals surface area contributed by atoms with Crippen LogP contribution in [0.3, 0.4) is 0 Å². The fourth-order valence-corrected chi connectivity index (χ4v) is 3.12. The van der Waals surface area contributed by atoms with E-state index in [4.69, 9.17) is 21.1 Å². The molecule has 1 N–H and O–H groups in total. The second kappa shape index (κ2) is 6.12. The van der Waals surface area contributed by atoms with E-state index in [0.29, 0.717) is 17.9 Å². The Balaban J connectivity index is 1.61. The van der Waals surface area contributed by atoms with E-state index < -0.39 is 10.0 Å². The number of nitrogens with one attached hydrogen (secondary N) is 1. The zero-order chi connectivity index (χ0) is 15.6. The predicted molar refractivity (Wildman–Crippen MR) is 80.7 cm³/mol. The van der Waals surface area contributed by atoms with Crippen LogP contribution in [0.5, 0.6) is 11.5 Å². The summed E-state index contributed by atoms with van der Waals surface area (Å²) in [6.45, 7) is 0.486. The van der Waals surface area contributed by atoms with Crippen LogP contribution in [0.25, 0.3) is 0 Å². The standard InChI is InChI=1S/C14H13ClN2O4S/c15-14-4-2-11(8-16-14)22(18,19)17-6-5-10-1-3-12-13(7-10)21-9-20-12/h1-4,7-8,17H,5-6,9H2. The number of ether oxygens (including phenoxy) is 2. The Morgan fingerprint density at radius 1 is 1.18 bits per heavy atom. The molecule has 0 amide bonds. The number of fused-ring (bicyclic) bond motifs is 1. The molecule has 2 heterocycles. The minimum Gasteiger partial charge on any atom is -0.454 e. The van der Waals surface area contributed by atoms with Gasteiger partial charge in [0, 0.05) is 12.7 Å². The van der Waals surface area contributed by atoms with Crippen molar-refractivity contribution in [2.45, 2.75) is 11.3 Å². The SMILES string of the molecule is O=S(=O)(NCCc1ccc2c(c1)OCO2)c1ccc(Cl)nc1. The Bertz CT molecular complexity index is 778. The lowest BCUT2D eigenvalue weighted by Crippen LogP contribution is -2.26. The Morgan fingerprint density at radius 3 is 2.77 bits per heavy atom. The summed E-state index contributed by atoms with van der Waals surface area (Å²) in [7, 11) is -3.59. The van der Waals surface area contributed by atoms with E-state index in [1.165, 1.54) is 18.3 Å². The second-order valence-electron chi connectivity index (χ2n) is 4.65. The van der Waals surface area contributed by atoms with Gasteiger partial charge in [0.15, 0.2) is 11.5 Å². The maximum Gasteiger partial charge on any atom is 0.242 e. The van der Waals surface area contributed by atoms with E-state index in [-0.39, 0.29) is 23.4 Å². The molecule has 0 bridgehead atoms. The number of rotatable bonds is 5. The first kappa shape index (κ1) is 15.1. The van der Waals surface area contributed by atoms with Gasteiger partial charge in [-0.25, -0.2) is 18.1 Å². The van der Waals surface area contributed by atoms with Gasteiger partial charge < -0.3 is 9.47 Å². The maximum atomic E-state index is 12.1. The molecule has 1 aromatic heterocycles. The quantitative estimate of drug-likeness (QED) is 0.842. The molecule has 0 atom stereocenters. The maximum absolute atomic E-state index is 12.1. The van der Waals surface area contributed by atoms with Crippen molar-refractivity contribution in [3.63, 3.8) is 0 Å². The smallest absolute Gasteiger partial charge is 0.242 e. The van der Waals surface area contributed by atoms with Gasteiger partial charge in [-0.05, 0) is 36.2 Å². The molecule has 0 aliphatic carbocycles. The van der Waals surface area contributed by atoms with Crippen LogP contribution in [0.2, 0.25) is 5.15 Å². The Morgan fingerprint density at radius 2 is 2.00 bits per heavy atom. The molecule has 22 heavy (non-hydrogen) atoms. The van der Waals surface area contributed by atoms with Crippen molar-refractivity contribution >= 4 is 21.6 Å². The molecular formula is C14H13ClN2O4S. The molecule has 2 aromatic rings. The lowest BCUT2D eigenvalue weighted by atomic mass is 10.1. The van der Waals surface area contributed by atoms with E-state index in [1.807, 2.05) is 18.2 Å². The van der Waals surface area contributed by atoms with Crippen LogP contribution in [0.1, 0.15) is 5.56 Å². The van der Waals surface area contributed by atoms with Gasteiger partial charge in [-0.1, -0.05) is 17.7 Å². The molecule has 1 aliphatic rings. The van der Waals surface area contributed by atoms with E-state index in [1.54, 1.807) is 0 Å². The first-order valence-electron chi connectivity index (χ1n) is 6.54. The van der Waals surface area contributed by atoms with E-state index in [9.17, 15) is 8.42 Å². The zero-order valence-corrected chi connectivity index (χ0v) is 13.0. The summed E-state index contributed by atoms with van der Waals surface area (Å²) < 4.78 is 37.2. The number of nitrogens with zero attached hydrogens (tertiary/aromatic N) is 1. The molecule has 1 aromatic carbocycles. The van der Waals surface area contributed by atoms with Gasteiger partial charge in [0.1, 0.15) is 10.0 Å². The van der Waals surface area contributed by atoms with Crippen molar-refractivity contribution in [2.24, 2.45) is 0 Å². The molecular weight excluding hydrogens is 328 g/mol. The zero-order valence-electron chi connectivity index (χ0n) is 11.5. The molecule has 1 aliphatic heterocycles. The van der Waals surface area contributed by atoms with Gasteiger partial charge in [0.05, 0.1) is 0 Å². The molecule has 8 heteroatoms. The molecule has 0 saturated heterocycles. The van der Waals surface area contributed by atoms with Crippen molar-refractivity contribution in [2.75, 3.05) is 13.3 Å². The average molecular weight is 341 g/mol. The van der Waals surface area contributed by atoms with Crippen molar-refractivity contribution < 1.29 is 17.9 Å². The van der Waals surface area contributed by atoms with Gasteiger partial charge in [0.25, 0.3) is 0 Å². The van der Waals surface area contributed by atoms with Crippen molar-refractivity contribution in [3.05, 3.63) is 47.2 Å². The number of pyridine rings is 1. The number of benzene rings is 1. The Kier molecular flexibility index (Phi) is 4.19. The molecule has 3 rings (SSSR count). The third-order valence-electron chi connectivity index (χ3n) is 3.15. The number of sulfonamides is 1. The average Bonchev–Trinajstić information content (AvgIpc) is 2.95. The molecule has 0 spiro atoms. The lowest BCUT2D eigenvalue weighted by Gasteiger charge is -2.07. The highest BCUT2D eigenvalue weighted by molar-refractivity contribution is 7.89. The normalized spacial score (nSPS) is 13.3. The minimum absolute atomic E-state index is 0.0857. The summed E-state index contributed by atoms with van der Waals surface area (Å²) in [6, 6.07) is 8.40. The summed E-state index contributed by atoms with van der Waals surface area (Å²) in [5, 5.41) is 0.249. The summed E-state index contributed by atoms with van der Waals surface area (Å²) in [6.07, 6.45) is 1.77. The highest BCUT2D eigenvalue weighted by atomic mass is 35.5. The second-order valence-corrected chi connectivity index (χ2v) is 6.81. The summed E-state index contributed by atoms with van der Waals surface area (Å²) in [4.78, 5) is 3.85. The molecule has 0 saturated carbocycles. The van der Waals surface area contributed by atoms with Gasteiger partial charge in [0.2, 0.25) is 16.8 Å². The molecule has 0 fully saturated rings. The highest BCUT2D eigenvalue weighted by Crippen LogP contribution is 2.32. The van der Waals surface area contributed by atoms with Gasteiger partial charge in [-0.15, -0.1) is 0 Å². The van der Waals surface area contributed by atoms with Crippen molar-refractivity contribution in [1.82, 2.24) is 9.71 Å². The van der Waals surface area contributed by atoms with Crippen LogP contribution in [0, 0.1) is 0 Å². The van der Waals surface area contributed by atoms with Gasteiger partial charge in [-0.3, -0.25) is 0 Å². The molecule has 116 valence electrons. The first-order valence-corrected chi connectivity index (χ1v) is 8.40. The lowest BCUT2D eigenvalue weighted by molar-refractivity contribution is 0.174. The van der Waals surface area contributed by atoms with Crippen molar-refractivity contribution in [3.8, 4) is 11.5 Å². The number of hydrogen-bond donors (Lipinski definition) is 1. The molecule has 0 radical (unpaired) electrons. The minimum atomic E-state index is -3.59. The van der Waals surface area contributed by atoms with Crippen LogP contribution < -0.4 is 14.2 Å². The third-order valence-corrected chi connectivity index (χ3v) is 4.82. The van der Waals surface area contributed by atoms with E-state index >= 15 is 0 Å². The van der Waals surface area contributed by atoms with Crippen molar-refractivity contribution in [1.29, 1.82) is 0 Å². The van der Waals surface area contributed by atoms with E-state index in [0.717, 1.165) is 5.56 Å². The predicted octanol–water partition coefficient (Wildman–Crippen LogP) is 1.98. The largest absolute Gasteiger partial charge is 0.454 e. The van der Waals surface area contributed by atoms with Crippen LogP contribution in [-0.2, 0) is 16.4 Å². The van der Waals surface area contributed by atoms with Gasteiger partial charge in [-0.2, -0.15) is 0 Å². The number of aromatic nitrogens is 1. The van der Waals surface area contributed by atoms with Crippen LogP contribution in [-0.4, -0.2) is 26.7 Å². The molecule has 0 unspecified atom stereocenters. The fraction of sp³-hybridized carbons (Fsp3) is 0.214. The number of halogens is 1. The Labute approximate surface area is 133 Å². The van der Waals surface area contributed by atoms with Crippen LogP contribution >= 0.6 is 11.6 Å². The monoisotopic (exact) mass is 340 g/mol. The summed E-state index contributed by atoms with van der Waals surface area (Å²) >= 11 is 5.64. The summed E-state index contributed by atoms with van der Waals surface area (Å²) in [5.74, 6) is 1.39. The Hall–Kier alpha value is -1.83. The summed E-state index contributed by atoms with van der Waals surface area (Å²) in [5.41, 5.74) is 0.959.